The number of fused-ring (bicyclic) bond motifs is 1. The summed E-state index contributed by atoms with van der Waals surface area (Å²) in [6.07, 6.45) is 1.70. The van der Waals surface area contributed by atoms with Gasteiger partial charge < -0.3 is 10.4 Å². The number of aryl methyl sites for hydroxylation is 2. The van der Waals surface area contributed by atoms with E-state index >= 15 is 0 Å². The van der Waals surface area contributed by atoms with Crippen molar-refractivity contribution in [3.8, 4) is 0 Å². The van der Waals surface area contributed by atoms with Gasteiger partial charge in [-0.05, 0) is 31.1 Å². The van der Waals surface area contributed by atoms with E-state index in [1.54, 1.807) is 6.08 Å². The van der Waals surface area contributed by atoms with E-state index in [2.05, 4.69) is 10.4 Å². The van der Waals surface area contributed by atoms with Crippen molar-refractivity contribution >= 4 is 11.8 Å². The molecular weight excluding hydrogens is 254 g/mol. The molecule has 0 fully saturated rings. The Morgan fingerprint density at radius 1 is 1.35 bits per heavy atom. The second kappa shape index (κ2) is 4.52. The quantitative estimate of drug-likeness (QED) is 0.879. The second-order valence-corrected chi connectivity index (χ2v) is 4.93. The molecule has 1 aliphatic heterocycles. The van der Waals surface area contributed by atoms with E-state index in [1.165, 1.54) is 0 Å². The molecule has 20 heavy (non-hydrogen) atoms. The molecule has 0 spiro atoms. The fraction of sp³-hybridized carbons (Fsp3) is 0.200. The summed E-state index contributed by atoms with van der Waals surface area (Å²) >= 11 is 0. The smallest absolute Gasteiger partial charge is 0.352 e. The molecule has 2 aromatic rings. The highest BCUT2D eigenvalue weighted by atomic mass is 16.4. The van der Waals surface area contributed by atoms with Crippen molar-refractivity contribution in [2.45, 2.75) is 19.9 Å². The lowest BCUT2D eigenvalue weighted by molar-refractivity contribution is -0.132. The summed E-state index contributed by atoms with van der Waals surface area (Å²) in [6, 6.07) is 9.59. The molecule has 5 heteroatoms. The summed E-state index contributed by atoms with van der Waals surface area (Å²) in [5.41, 5.74) is 3.20. The molecule has 1 aromatic carbocycles. The van der Waals surface area contributed by atoms with Crippen LogP contribution >= 0.6 is 0 Å². The molecule has 3 rings (SSSR count). The lowest BCUT2D eigenvalue weighted by Gasteiger charge is -2.24. The Kier molecular flexibility index (Phi) is 2.82. The first-order chi connectivity index (χ1) is 9.56. The molecule has 0 aliphatic carbocycles. The molecule has 5 nitrogen and oxygen atoms in total. The van der Waals surface area contributed by atoms with Crippen LogP contribution in [0, 0.1) is 13.8 Å². The van der Waals surface area contributed by atoms with Gasteiger partial charge in [0.2, 0.25) is 0 Å². The molecule has 2 heterocycles. The van der Waals surface area contributed by atoms with Gasteiger partial charge in [-0.3, -0.25) is 0 Å². The topological polar surface area (TPSA) is 67.2 Å². The van der Waals surface area contributed by atoms with Gasteiger partial charge in [-0.1, -0.05) is 24.3 Å². The Morgan fingerprint density at radius 2 is 2.10 bits per heavy atom. The Balaban J connectivity index is 2.17. The first kappa shape index (κ1) is 12.5. The number of allylic oxidation sites excluding steroid dienone is 1. The van der Waals surface area contributed by atoms with Gasteiger partial charge in [0.05, 0.1) is 5.69 Å². The number of carboxylic acid groups (broad SMARTS) is 1. The highest BCUT2D eigenvalue weighted by Crippen LogP contribution is 2.31. The maximum absolute atomic E-state index is 11.3. The molecule has 0 radical (unpaired) electrons. The van der Waals surface area contributed by atoms with E-state index in [0.29, 0.717) is 5.82 Å². The van der Waals surface area contributed by atoms with Crippen LogP contribution in [-0.2, 0) is 4.79 Å². The average Bonchev–Trinajstić information content (AvgIpc) is 2.78. The van der Waals surface area contributed by atoms with E-state index in [1.807, 2.05) is 48.9 Å². The van der Waals surface area contributed by atoms with Gasteiger partial charge in [-0.2, -0.15) is 5.10 Å². The summed E-state index contributed by atoms with van der Waals surface area (Å²) in [4.78, 5) is 11.3. The van der Waals surface area contributed by atoms with Gasteiger partial charge in [0.15, 0.2) is 0 Å². The van der Waals surface area contributed by atoms with E-state index in [9.17, 15) is 9.90 Å². The average molecular weight is 269 g/mol. The number of hydrogen-bond acceptors (Lipinski definition) is 3. The molecule has 0 saturated carbocycles. The minimum atomic E-state index is -0.964. The number of benzene rings is 1. The monoisotopic (exact) mass is 269 g/mol. The normalized spacial score (nSPS) is 17.1. The predicted molar refractivity (Wildman–Crippen MR) is 75.6 cm³/mol. The van der Waals surface area contributed by atoms with Crippen LogP contribution in [0.5, 0.6) is 0 Å². The third kappa shape index (κ3) is 1.97. The highest BCUT2D eigenvalue weighted by molar-refractivity contribution is 5.90. The number of aliphatic carboxylic acids is 1. The van der Waals surface area contributed by atoms with Crippen molar-refractivity contribution in [1.29, 1.82) is 0 Å². The van der Waals surface area contributed by atoms with Gasteiger partial charge in [0.1, 0.15) is 17.6 Å². The van der Waals surface area contributed by atoms with Crippen molar-refractivity contribution in [3.63, 3.8) is 0 Å². The molecular formula is C15H15N3O2. The van der Waals surface area contributed by atoms with Crippen LogP contribution in [0.2, 0.25) is 0 Å². The van der Waals surface area contributed by atoms with Crippen LogP contribution in [0.3, 0.4) is 0 Å². The van der Waals surface area contributed by atoms with Crippen LogP contribution in [-0.4, -0.2) is 20.9 Å². The predicted octanol–water partition coefficient (Wildman–Crippen LogP) is 2.48. The molecule has 0 amide bonds. The molecule has 1 unspecified atom stereocenters. The largest absolute Gasteiger partial charge is 0.477 e. The third-order valence-electron chi connectivity index (χ3n) is 3.45. The Morgan fingerprint density at radius 3 is 2.80 bits per heavy atom. The van der Waals surface area contributed by atoms with Crippen LogP contribution in [0.25, 0.3) is 0 Å². The van der Waals surface area contributed by atoms with Crippen molar-refractivity contribution in [1.82, 2.24) is 9.78 Å². The Labute approximate surface area is 116 Å². The highest BCUT2D eigenvalue weighted by Gasteiger charge is 2.25. The van der Waals surface area contributed by atoms with E-state index in [4.69, 9.17) is 0 Å². The van der Waals surface area contributed by atoms with Gasteiger partial charge in [0, 0.05) is 6.07 Å². The first-order valence-corrected chi connectivity index (χ1v) is 6.40. The molecule has 102 valence electrons. The lowest BCUT2D eigenvalue weighted by atomic mass is 9.99. The number of nitrogens with one attached hydrogen (secondary N) is 1. The van der Waals surface area contributed by atoms with Crippen LogP contribution in [0.15, 0.2) is 42.1 Å². The minimum absolute atomic E-state index is 0.186. The number of rotatable bonds is 2. The van der Waals surface area contributed by atoms with Gasteiger partial charge in [-0.25, -0.2) is 9.48 Å². The second-order valence-electron chi connectivity index (χ2n) is 4.93. The number of aromatic nitrogens is 2. The van der Waals surface area contributed by atoms with E-state index < -0.39 is 5.97 Å². The first-order valence-electron chi connectivity index (χ1n) is 6.40. The summed E-state index contributed by atoms with van der Waals surface area (Å²) < 4.78 is 1.82. The summed E-state index contributed by atoms with van der Waals surface area (Å²) in [6.45, 7) is 3.91. The fourth-order valence-corrected chi connectivity index (χ4v) is 2.50. The minimum Gasteiger partial charge on any atom is -0.477 e. The molecule has 1 aliphatic rings. The van der Waals surface area contributed by atoms with Crippen LogP contribution < -0.4 is 5.32 Å². The zero-order valence-electron chi connectivity index (χ0n) is 11.3. The number of carboxylic acids is 1. The Bertz CT molecular complexity index is 716. The molecule has 1 atom stereocenters. The zero-order chi connectivity index (χ0) is 14.3. The summed E-state index contributed by atoms with van der Waals surface area (Å²) in [5.74, 6) is -0.260. The van der Waals surface area contributed by atoms with Gasteiger partial charge in [0.25, 0.3) is 0 Å². The fourth-order valence-electron chi connectivity index (χ4n) is 2.50. The van der Waals surface area contributed by atoms with Crippen molar-refractivity contribution < 1.29 is 9.90 Å². The summed E-state index contributed by atoms with van der Waals surface area (Å²) in [5, 5.41) is 16.6. The number of hydrogen-bond donors (Lipinski definition) is 2. The van der Waals surface area contributed by atoms with Crippen molar-refractivity contribution in [2.75, 3.05) is 5.32 Å². The number of carbonyl (C=O) groups is 1. The Hall–Kier alpha value is -2.56. The van der Waals surface area contributed by atoms with Gasteiger partial charge >= 0.3 is 5.97 Å². The SMILES string of the molecule is Cc1cc2n(n1)C(c1ccccc1C)C=C(C(=O)O)N2. The van der Waals surface area contributed by atoms with Gasteiger partial charge in [-0.15, -0.1) is 0 Å². The van der Waals surface area contributed by atoms with Crippen molar-refractivity contribution in [3.05, 3.63) is 58.9 Å². The lowest BCUT2D eigenvalue weighted by Crippen LogP contribution is -2.24. The van der Waals surface area contributed by atoms with Crippen LogP contribution in [0.4, 0.5) is 5.82 Å². The number of nitrogens with zero attached hydrogens (tertiary/aromatic N) is 2. The molecule has 0 saturated heterocycles. The molecule has 2 N–H and O–H groups in total. The third-order valence-corrected chi connectivity index (χ3v) is 3.45. The van der Waals surface area contributed by atoms with E-state index in [-0.39, 0.29) is 11.7 Å². The van der Waals surface area contributed by atoms with Crippen molar-refractivity contribution in [2.24, 2.45) is 0 Å². The maximum atomic E-state index is 11.3. The molecule has 1 aromatic heterocycles. The number of anilines is 1. The maximum Gasteiger partial charge on any atom is 0.352 e. The van der Waals surface area contributed by atoms with E-state index in [0.717, 1.165) is 16.8 Å². The van der Waals surface area contributed by atoms with Crippen LogP contribution in [0.1, 0.15) is 22.9 Å². The summed E-state index contributed by atoms with van der Waals surface area (Å²) in [7, 11) is 0. The standard InChI is InChI=1S/C15H15N3O2/c1-9-5-3-4-6-11(9)13-8-12(15(19)20)16-14-7-10(2)17-18(13)14/h3-8,13,16H,1-2H3,(H,19,20). The zero-order valence-corrected chi connectivity index (χ0v) is 11.3. The molecule has 0 bridgehead atoms.